The Morgan fingerprint density at radius 3 is 2.43 bits per heavy atom. The van der Waals surface area contributed by atoms with Gasteiger partial charge in [0.05, 0.1) is 5.69 Å². The van der Waals surface area contributed by atoms with E-state index in [0.717, 1.165) is 23.4 Å². The molecule has 0 unspecified atom stereocenters. The molecular formula is C21H18ClN3O2S. The van der Waals surface area contributed by atoms with Crippen LogP contribution in [0.25, 0.3) is 10.6 Å². The summed E-state index contributed by atoms with van der Waals surface area (Å²) in [5.41, 5.74) is 2.89. The van der Waals surface area contributed by atoms with E-state index in [-0.39, 0.29) is 17.7 Å². The second kappa shape index (κ2) is 7.73. The minimum atomic E-state index is -0.221. The molecule has 1 aliphatic rings. The van der Waals surface area contributed by atoms with Crippen molar-refractivity contribution in [2.45, 2.75) is 19.8 Å². The lowest BCUT2D eigenvalue weighted by Gasteiger charge is -2.08. The number of aromatic nitrogens is 1. The standard InChI is InChI=1S/C21H18ClN3O2S/c1-12-18(28-21(23-12)14-7-9-15(22)10-8-14)20(27)25-17-4-2-3-16(11-17)24-19(26)13-5-6-13/h2-4,7-11,13H,5-6H2,1H3,(H,24,26)(H,25,27). The number of hydrogen-bond acceptors (Lipinski definition) is 4. The van der Waals surface area contributed by atoms with E-state index in [2.05, 4.69) is 15.6 Å². The summed E-state index contributed by atoms with van der Waals surface area (Å²) >= 11 is 7.27. The van der Waals surface area contributed by atoms with E-state index in [1.54, 1.807) is 30.3 Å². The van der Waals surface area contributed by atoms with Gasteiger partial charge in [-0.1, -0.05) is 29.8 Å². The van der Waals surface area contributed by atoms with Gasteiger partial charge in [0, 0.05) is 27.9 Å². The SMILES string of the molecule is Cc1nc(-c2ccc(Cl)cc2)sc1C(=O)Nc1cccc(NC(=O)C2CC2)c1. The normalized spacial score (nSPS) is 13.2. The molecule has 0 atom stereocenters. The van der Waals surface area contributed by atoms with Crippen molar-refractivity contribution >= 4 is 46.1 Å². The Kier molecular flexibility index (Phi) is 5.15. The molecule has 1 saturated carbocycles. The van der Waals surface area contributed by atoms with Gasteiger partial charge in [-0.3, -0.25) is 9.59 Å². The maximum Gasteiger partial charge on any atom is 0.267 e. The Morgan fingerprint density at radius 1 is 1.07 bits per heavy atom. The van der Waals surface area contributed by atoms with Crippen LogP contribution in [0.1, 0.15) is 28.2 Å². The maximum absolute atomic E-state index is 12.7. The van der Waals surface area contributed by atoms with Crippen molar-refractivity contribution in [3.8, 4) is 10.6 Å². The molecule has 5 nitrogen and oxygen atoms in total. The molecule has 2 amide bonds. The number of nitrogens with zero attached hydrogens (tertiary/aromatic N) is 1. The summed E-state index contributed by atoms with van der Waals surface area (Å²) in [7, 11) is 0. The number of benzene rings is 2. The molecule has 2 N–H and O–H groups in total. The van der Waals surface area contributed by atoms with Crippen LogP contribution in [-0.2, 0) is 4.79 Å². The smallest absolute Gasteiger partial charge is 0.267 e. The van der Waals surface area contributed by atoms with Gasteiger partial charge in [-0.25, -0.2) is 4.98 Å². The van der Waals surface area contributed by atoms with Gasteiger partial charge in [0.15, 0.2) is 0 Å². The fraction of sp³-hybridized carbons (Fsp3) is 0.190. The first kappa shape index (κ1) is 18.7. The molecule has 1 heterocycles. The molecule has 0 saturated heterocycles. The number of halogens is 1. The molecule has 0 radical (unpaired) electrons. The van der Waals surface area contributed by atoms with Crippen LogP contribution in [0, 0.1) is 12.8 Å². The molecule has 7 heteroatoms. The van der Waals surface area contributed by atoms with Crippen LogP contribution in [0.5, 0.6) is 0 Å². The highest BCUT2D eigenvalue weighted by molar-refractivity contribution is 7.17. The summed E-state index contributed by atoms with van der Waals surface area (Å²) in [5.74, 6) is -0.0559. The summed E-state index contributed by atoms with van der Waals surface area (Å²) in [6.45, 7) is 1.82. The van der Waals surface area contributed by atoms with Crippen molar-refractivity contribution in [1.29, 1.82) is 0 Å². The zero-order chi connectivity index (χ0) is 19.7. The minimum Gasteiger partial charge on any atom is -0.326 e. The predicted octanol–water partition coefficient (Wildman–Crippen LogP) is 5.37. The highest BCUT2D eigenvalue weighted by Crippen LogP contribution is 2.31. The molecule has 0 bridgehead atoms. The number of carbonyl (C=O) groups is 2. The second-order valence-corrected chi connectivity index (χ2v) is 8.17. The Bertz CT molecular complexity index is 1040. The number of hydrogen-bond donors (Lipinski definition) is 2. The quantitative estimate of drug-likeness (QED) is 0.592. The largest absolute Gasteiger partial charge is 0.326 e. The molecule has 4 rings (SSSR count). The Balaban J connectivity index is 1.49. The molecule has 2 aromatic carbocycles. The Hall–Kier alpha value is -2.70. The van der Waals surface area contributed by atoms with Gasteiger partial charge < -0.3 is 10.6 Å². The van der Waals surface area contributed by atoms with E-state index in [4.69, 9.17) is 11.6 Å². The minimum absolute atomic E-state index is 0.0365. The average Bonchev–Trinajstić information content (AvgIpc) is 3.45. The molecule has 1 aliphatic carbocycles. The summed E-state index contributed by atoms with van der Waals surface area (Å²) in [5, 5.41) is 7.20. The van der Waals surface area contributed by atoms with Crippen LogP contribution in [0.4, 0.5) is 11.4 Å². The van der Waals surface area contributed by atoms with Gasteiger partial charge in [-0.15, -0.1) is 11.3 Å². The van der Waals surface area contributed by atoms with E-state index in [1.807, 2.05) is 25.1 Å². The number of carbonyl (C=O) groups excluding carboxylic acids is 2. The predicted molar refractivity (Wildman–Crippen MR) is 113 cm³/mol. The van der Waals surface area contributed by atoms with Crippen molar-refractivity contribution in [3.63, 3.8) is 0 Å². The molecule has 0 spiro atoms. The second-order valence-electron chi connectivity index (χ2n) is 6.74. The number of anilines is 2. The number of nitrogens with one attached hydrogen (secondary N) is 2. The van der Waals surface area contributed by atoms with Crippen molar-refractivity contribution in [3.05, 3.63) is 64.1 Å². The summed E-state index contributed by atoms with van der Waals surface area (Å²) in [6, 6.07) is 14.5. The number of aryl methyl sites for hydroxylation is 1. The molecule has 28 heavy (non-hydrogen) atoms. The van der Waals surface area contributed by atoms with Gasteiger partial charge in [-0.2, -0.15) is 0 Å². The van der Waals surface area contributed by atoms with Gasteiger partial charge in [0.25, 0.3) is 5.91 Å². The van der Waals surface area contributed by atoms with Gasteiger partial charge in [-0.05, 0) is 50.1 Å². The molecule has 1 fully saturated rings. The molecule has 142 valence electrons. The molecular weight excluding hydrogens is 394 g/mol. The number of thiazole rings is 1. The van der Waals surface area contributed by atoms with Crippen molar-refractivity contribution < 1.29 is 9.59 Å². The van der Waals surface area contributed by atoms with Crippen molar-refractivity contribution in [2.75, 3.05) is 10.6 Å². The zero-order valence-corrected chi connectivity index (χ0v) is 16.7. The third-order valence-electron chi connectivity index (χ3n) is 4.43. The van der Waals surface area contributed by atoms with Crippen molar-refractivity contribution in [1.82, 2.24) is 4.98 Å². The van der Waals surface area contributed by atoms with E-state index in [1.165, 1.54) is 11.3 Å². The lowest BCUT2D eigenvalue weighted by atomic mass is 10.2. The van der Waals surface area contributed by atoms with Crippen LogP contribution < -0.4 is 10.6 Å². The number of rotatable bonds is 5. The zero-order valence-electron chi connectivity index (χ0n) is 15.2. The summed E-state index contributed by atoms with van der Waals surface area (Å²) in [6.07, 6.45) is 1.89. The third kappa shape index (κ3) is 4.24. The highest BCUT2D eigenvalue weighted by Gasteiger charge is 2.29. The van der Waals surface area contributed by atoms with Crippen molar-refractivity contribution in [2.24, 2.45) is 5.92 Å². The van der Waals surface area contributed by atoms with E-state index < -0.39 is 0 Å². The van der Waals surface area contributed by atoms with Crippen LogP contribution >= 0.6 is 22.9 Å². The first-order valence-electron chi connectivity index (χ1n) is 8.95. The van der Waals surface area contributed by atoms with E-state index in [0.29, 0.717) is 27.0 Å². The topological polar surface area (TPSA) is 71.1 Å². The molecule has 1 aromatic heterocycles. The first-order chi connectivity index (χ1) is 13.5. The first-order valence-corrected chi connectivity index (χ1v) is 10.1. The Labute approximate surface area is 171 Å². The average molecular weight is 412 g/mol. The van der Waals surface area contributed by atoms with E-state index >= 15 is 0 Å². The number of amides is 2. The Morgan fingerprint density at radius 2 is 1.75 bits per heavy atom. The molecule has 3 aromatic rings. The van der Waals surface area contributed by atoms with Gasteiger partial charge >= 0.3 is 0 Å². The van der Waals surface area contributed by atoms with Gasteiger partial charge in [0.1, 0.15) is 9.88 Å². The van der Waals surface area contributed by atoms with Crippen LogP contribution in [0.3, 0.4) is 0 Å². The lowest BCUT2D eigenvalue weighted by molar-refractivity contribution is -0.117. The highest BCUT2D eigenvalue weighted by atomic mass is 35.5. The monoisotopic (exact) mass is 411 g/mol. The fourth-order valence-electron chi connectivity index (χ4n) is 2.78. The summed E-state index contributed by atoms with van der Waals surface area (Å²) in [4.78, 5) is 29.7. The van der Waals surface area contributed by atoms with Gasteiger partial charge in [0.2, 0.25) is 5.91 Å². The molecule has 0 aliphatic heterocycles. The third-order valence-corrected chi connectivity index (χ3v) is 5.89. The van der Waals surface area contributed by atoms with E-state index in [9.17, 15) is 9.59 Å². The lowest BCUT2D eigenvalue weighted by Crippen LogP contribution is -2.14. The van der Waals surface area contributed by atoms with Crippen LogP contribution in [-0.4, -0.2) is 16.8 Å². The van der Waals surface area contributed by atoms with Crippen LogP contribution in [0.2, 0.25) is 5.02 Å². The summed E-state index contributed by atoms with van der Waals surface area (Å²) < 4.78 is 0. The maximum atomic E-state index is 12.7. The van der Waals surface area contributed by atoms with Crippen LogP contribution in [0.15, 0.2) is 48.5 Å². The fourth-order valence-corrected chi connectivity index (χ4v) is 3.87.